The van der Waals surface area contributed by atoms with E-state index in [-0.39, 0.29) is 27.9 Å². The van der Waals surface area contributed by atoms with Crippen LogP contribution in [0.15, 0.2) is 30.3 Å². The largest absolute Gasteiger partial charge is 0.269 e. The van der Waals surface area contributed by atoms with E-state index >= 15 is 0 Å². The minimum absolute atomic E-state index is 0. The zero-order valence-electron chi connectivity index (χ0n) is 4.95. The molecule has 3 heteroatoms. The van der Waals surface area contributed by atoms with Gasteiger partial charge >= 0.3 is 0 Å². The average Bonchev–Trinajstić information content (AvgIpc) is 1.90. The molecule has 0 heterocycles. The minimum Gasteiger partial charge on any atom is -0.269 e. The zero-order valence-corrected chi connectivity index (χ0v) is 8.81. The molecule has 1 aromatic carbocycles. The van der Waals surface area contributed by atoms with Crippen LogP contribution in [0.2, 0.25) is 0 Å². The van der Waals surface area contributed by atoms with Crippen LogP contribution in [0.1, 0.15) is 0 Å². The first-order chi connectivity index (χ1) is 3.93. The van der Waals surface area contributed by atoms with Crippen molar-refractivity contribution < 1.29 is 24.0 Å². The van der Waals surface area contributed by atoms with E-state index in [0.717, 1.165) is 5.30 Å². The first-order valence-corrected chi connectivity index (χ1v) is 3.13. The monoisotopic (exact) mass is 188 g/mol. The van der Waals surface area contributed by atoms with E-state index in [0.29, 0.717) is 0 Å². The summed E-state index contributed by atoms with van der Waals surface area (Å²) in [6.07, 6.45) is 0. The molecule has 0 aliphatic rings. The predicted molar refractivity (Wildman–Crippen MR) is 33.7 cm³/mol. The van der Waals surface area contributed by atoms with Gasteiger partial charge in [-0.25, -0.2) is 0 Å². The van der Waals surface area contributed by atoms with Crippen LogP contribution in [0.3, 0.4) is 0 Å². The van der Waals surface area contributed by atoms with Crippen LogP contribution in [0, 0.1) is 0 Å². The maximum Gasteiger partial charge on any atom is 0.192 e. The van der Waals surface area contributed by atoms with Crippen molar-refractivity contribution in [3.05, 3.63) is 30.3 Å². The Balaban J connectivity index is 0.000000640. The fourth-order valence-corrected chi connectivity index (χ4v) is 0.783. The summed E-state index contributed by atoms with van der Waals surface area (Å²) in [5, 5.41) is 0.826. The van der Waals surface area contributed by atoms with Gasteiger partial charge in [0.15, 0.2) is 8.46 Å². The maximum atomic E-state index is 10.1. The van der Waals surface area contributed by atoms with E-state index in [4.69, 9.17) is 0 Å². The topological polar surface area (TPSA) is 17.1 Å². The van der Waals surface area contributed by atoms with Crippen molar-refractivity contribution in [2.24, 2.45) is 0 Å². The molecule has 0 aliphatic heterocycles. The molecule has 9 heavy (non-hydrogen) atoms. The Hall–Kier alpha value is -0.0566. The third kappa shape index (κ3) is 2.84. The van der Waals surface area contributed by atoms with E-state index in [1.807, 2.05) is 30.3 Å². The van der Waals surface area contributed by atoms with Crippen molar-refractivity contribution in [1.29, 1.82) is 0 Å². The smallest absolute Gasteiger partial charge is 0.192 e. The summed E-state index contributed by atoms with van der Waals surface area (Å²) in [6, 6.07) is 9.25. The summed E-state index contributed by atoms with van der Waals surface area (Å²) in [5.41, 5.74) is 0. The normalized spacial score (nSPS) is 8.44. The Labute approximate surface area is 68.4 Å². The molecular weight excluding hydrogens is 184 g/mol. The summed E-state index contributed by atoms with van der Waals surface area (Å²) in [4.78, 5) is 0. The van der Waals surface area contributed by atoms with E-state index in [9.17, 15) is 4.57 Å². The molecule has 42 valence electrons. The van der Waals surface area contributed by atoms with E-state index < -0.39 is 0 Å². The number of hydrogen-bond acceptors (Lipinski definition) is 1. The Kier molecular flexibility index (Phi) is 4.76. The SMILES string of the molecule is O=Pc1ccccc1.[Zn]. The van der Waals surface area contributed by atoms with Crippen molar-refractivity contribution >= 4 is 13.8 Å². The number of benzene rings is 1. The maximum absolute atomic E-state index is 10.1. The van der Waals surface area contributed by atoms with Gasteiger partial charge in [0.25, 0.3) is 0 Å². The van der Waals surface area contributed by atoms with Crippen LogP contribution in [-0.4, -0.2) is 0 Å². The third-order valence-corrected chi connectivity index (χ3v) is 1.37. The Morgan fingerprint density at radius 3 is 2.00 bits per heavy atom. The summed E-state index contributed by atoms with van der Waals surface area (Å²) in [5.74, 6) is 0. The second-order valence-corrected chi connectivity index (χ2v) is 2.13. The first-order valence-electron chi connectivity index (χ1n) is 2.32. The summed E-state index contributed by atoms with van der Waals surface area (Å²) in [6.45, 7) is 0. The van der Waals surface area contributed by atoms with Gasteiger partial charge in [-0.2, -0.15) is 0 Å². The molecule has 1 aromatic rings. The number of rotatable bonds is 1. The second-order valence-electron chi connectivity index (χ2n) is 1.43. The fourth-order valence-electron chi connectivity index (χ4n) is 0.489. The van der Waals surface area contributed by atoms with Crippen LogP contribution in [-0.2, 0) is 24.0 Å². The fraction of sp³-hybridized carbons (Fsp3) is 0. The van der Waals surface area contributed by atoms with Crippen molar-refractivity contribution in [3.8, 4) is 0 Å². The van der Waals surface area contributed by atoms with Gasteiger partial charge in [0.05, 0.1) is 0 Å². The van der Waals surface area contributed by atoms with E-state index in [1.165, 1.54) is 0 Å². The molecule has 0 aromatic heterocycles. The molecule has 0 saturated heterocycles. The van der Waals surface area contributed by atoms with Crippen LogP contribution in [0.5, 0.6) is 0 Å². The molecule has 0 saturated carbocycles. The van der Waals surface area contributed by atoms with Gasteiger partial charge in [-0.15, -0.1) is 0 Å². The molecule has 0 atom stereocenters. The summed E-state index contributed by atoms with van der Waals surface area (Å²) < 4.78 is 10.1. The van der Waals surface area contributed by atoms with Gasteiger partial charge in [0.1, 0.15) is 0 Å². The van der Waals surface area contributed by atoms with Crippen molar-refractivity contribution in [2.75, 3.05) is 0 Å². The predicted octanol–water partition coefficient (Wildman–Crippen LogP) is 1.60. The van der Waals surface area contributed by atoms with Gasteiger partial charge in [-0.1, -0.05) is 18.2 Å². The van der Waals surface area contributed by atoms with Crippen molar-refractivity contribution in [1.82, 2.24) is 0 Å². The second kappa shape index (κ2) is 4.79. The Bertz CT molecular complexity index is 176. The summed E-state index contributed by atoms with van der Waals surface area (Å²) in [7, 11) is 0.0994. The number of hydrogen-bond donors (Lipinski definition) is 0. The van der Waals surface area contributed by atoms with E-state index in [2.05, 4.69) is 0 Å². The van der Waals surface area contributed by atoms with Gasteiger partial charge in [0.2, 0.25) is 0 Å². The molecule has 0 bridgehead atoms. The molecule has 0 amide bonds. The molecular formula is C6H5OPZn. The molecule has 1 nitrogen and oxygen atoms in total. The molecule has 0 spiro atoms. The Morgan fingerprint density at radius 1 is 1.11 bits per heavy atom. The van der Waals surface area contributed by atoms with Gasteiger partial charge in [-0.3, -0.25) is 4.57 Å². The third-order valence-electron chi connectivity index (χ3n) is 0.862. The summed E-state index contributed by atoms with van der Waals surface area (Å²) >= 11 is 0. The van der Waals surface area contributed by atoms with Gasteiger partial charge in [0, 0.05) is 24.8 Å². The molecule has 0 aliphatic carbocycles. The van der Waals surface area contributed by atoms with Crippen LogP contribution in [0.4, 0.5) is 0 Å². The zero-order chi connectivity index (χ0) is 5.82. The average molecular weight is 189 g/mol. The van der Waals surface area contributed by atoms with Crippen LogP contribution < -0.4 is 5.30 Å². The van der Waals surface area contributed by atoms with Crippen molar-refractivity contribution in [3.63, 3.8) is 0 Å². The van der Waals surface area contributed by atoms with Crippen LogP contribution >= 0.6 is 8.46 Å². The molecule has 0 N–H and O–H groups in total. The molecule has 0 fully saturated rings. The first kappa shape index (κ1) is 8.94. The minimum atomic E-state index is 0. The standard InChI is InChI=1S/C6H5OP.Zn/c7-8-6-4-2-1-3-5-6;/h1-5H;. The molecule has 1 rings (SSSR count). The Morgan fingerprint density at radius 2 is 1.67 bits per heavy atom. The molecule has 0 radical (unpaired) electrons. The van der Waals surface area contributed by atoms with Crippen molar-refractivity contribution in [2.45, 2.75) is 0 Å². The molecule has 0 unspecified atom stereocenters. The quantitative estimate of drug-likeness (QED) is 0.484. The van der Waals surface area contributed by atoms with Gasteiger partial charge < -0.3 is 0 Å². The van der Waals surface area contributed by atoms with Crippen LogP contribution in [0.25, 0.3) is 0 Å². The van der Waals surface area contributed by atoms with Gasteiger partial charge in [-0.05, 0) is 12.1 Å². The van der Waals surface area contributed by atoms with E-state index in [1.54, 1.807) is 0 Å².